The Labute approximate surface area is 117 Å². The third kappa shape index (κ3) is 3.64. The second-order valence-electron chi connectivity index (χ2n) is 4.49. The van der Waals surface area contributed by atoms with Crippen LogP contribution < -0.4 is 11.1 Å². The van der Waals surface area contributed by atoms with Gasteiger partial charge in [-0.15, -0.1) is 0 Å². The number of carbonyl (C=O) groups is 1. The lowest BCUT2D eigenvalue weighted by Crippen LogP contribution is -2.12. The first-order chi connectivity index (χ1) is 9.70. The van der Waals surface area contributed by atoms with Gasteiger partial charge in [0.2, 0.25) is 5.91 Å². The van der Waals surface area contributed by atoms with Crippen molar-refractivity contribution >= 4 is 11.6 Å². The molecule has 6 nitrogen and oxygen atoms in total. The van der Waals surface area contributed by atoms with Gasteiger partial charge in [0.05, 0.1) is 11.3 Å². The highest BCUT2D eigenvalue weighted by atomic mass is 16.5. The Balaban J connectivity index is 2.10. The molecule has 1 aromatic heterocycles. The van der Waals surface area contributed by atoms with E-state index in [1.165, 1.54) is 0 Å². The molecule has 20 heavy (non-hydrogen) atoms. The highest BCUT2D eigenvalue weighted by molar-refractivity contribution is 5.94. The number of hydrogen-bond acceptors (Lipinski definition) is 5. The molecule has 1 aromatic carbocycles. The number of nitrogens with one attached hydrogen (secondary N) is 1. The fourth-order valence-corrected chi connectivity index (χ4v) is 1.83. The van der Waals surface area contributed by atoms with E-state index in [1.54, 1.807) is 6.92 Å². The average Bonchev–Trinajstić information content (AvgIpc) is 2.86. The van der Waals surface area contributed by atoms with Crippen molar-refractivity contribution in [2.24, 2.45) is 5.73 Å². The molecule has 2 rings (SSSR count). The zero-order valence-corrected chi connectivity index (χ0v) is 11.4. The van der Waals surface area contributed by atoms with Crippen LogP contribution >= 0.6 is 0 Å². The Kier molecular flexibility index (Phi) is 4.84. The van der Waals surface area contributed by atoms with Gasteiger partial charge in [0, 0.05) is 6.42 Å². The predicted molar refractivity (Wildman–Crippen MR) is 76.0 cm³/mol. The van der Waals surface area contributed by atoms with Crippen molar-refractivity contribution in [2.45, 2.75) is 26.2 Å². The lowest BCUT2D eigenvalue weighted by atomic mass is 10.1. The highest BCUT2D eigenvalue weighted by Crippen LogP contribution is 2.26. The number of aryl methyl sites for hydroxylation is 1. The summed E-state index contributed by atoms with van der Waals surface area (Å²) in [4.78, 5) is 16.0. The van der Waals surface area contributed by atoms with Crippen LogP contribution in [0.15, 0.2) is 28.8 Å². The molecule has 0 aliphatic rings. The van der Waals surface area contributed by atoms with Crippen LogP contribution in [0, 0.1) is 6.92 Å². The first kappa shape index (κ1) is 14.2. The largest absolute Gasteiger partial charge is 0.334 e. The van der Waals surface area contributed by atoms with E-state index in [2.05, 4.69) is 15.5 Å². The fourth-order valence-electron chi connectivity index (χ4n) is 1.83. The summed E-state index contributed by atoms with van der Waals surface area (Å²) in [5, 5.41) is 6.63. The molecule has 0 radical (unpaired) electrons. The van der Waals surface area contributed by atoms with E-state index < -0.39 is 0 Å². The first-order valence-corrected chi connectivity index (χ1v) is 6.60. The van der Waals surface area contributed by atoms with E-state index in [0.29, 0.717) is 30.4 Å². The van der Waals surface area contributed by atoms with Crippen LogP contribution in [0.2, 0.25) is 0 Å². The number of nitrogens with two attached hydrogens (primary N) is 1. The number of aromatic nitrogens is 2. The Morgan fingerprint density at radius 1 is 1.35 bits per heavy atom. The molecule has 0 atom stereocenters. The standard InChI is InChI=1S/C14H18N4O2/c1-10-16-14(20-18-10)11-6-2-3-7-12(11)17-13(19)8-4-5-9-15/h2-3,6-7H,4-5,8-9,15H2,1H3,(H,17,19). The van der Waals surface area contributed by atoms with Gasteiger partial charge < -0.3 is 15.6 Å². The van der Waals surface area contributed by atoms with Gasteiger partial charge in [-0.1, -0.05) is 17.3 Å². The number of hydrogen-bond donors (Lipinski definition) is 2. The molecule has 0 unspecified atom stereocenters. The Morgan fingerprint density at radius 3 is 2.85 bits per heavy atom. The van der Waals surface area contributed by atoms with Gasteiger partial charge >= 0.3 is 0 Å². The Hall–Kier alpha value is -2.21. The summed E-state index contributed by atoms with van der Waals surface area (Å²) in [5.41, 5.74) is 6.81. The molecule has 1 heterocycles. The number of para-hydroxylation sites is 1. The van der Waals surface area contributed by atoms with Crippen molar-refractivity contribution in [3.63, 3.8) is 0 Å². The molecule has 0 saturated carbocycles. The molecule has 0 bridgehead atoms. The molecule has 3 N–H and O–H groups in total. The first-order valence-electron chi connectivity index (χ1n) is 6.60. The van der Waals surface area contributed by atoms with Crippen LogP contribution in [0.25, 0.3) is 11.5 Å². The molecular weight excluding hydrogens is 256 g/mol. The molecule has 0 aliphatic heterocycles. The van der Waals surface area contributed by atoms with E-state index in [0.717, 1.165) is 18.4 Å². The van der Waals surface area contributed by atoms with Gasteiger partial charge in [-0.3, -0.25) is 4.79 Å². The van der Waals surface area contributed by atoms with Gasteiger partial charge in [-0.2, -0.15) is 4.98 Å². The maximum Gasteiger partial charge on any atom is 0.260 e. The minimum atomic E-state index is -0.0397. The molecule has 106 valence electrons. The second-order valence-corrected chi connectivity index (χ2v) is 4.49. The summed E-state index contributed by atoms with van der Waals surface area (Å²) >= 11 is 0. The number of unbranched alkanes of at least 4 members (excludes halogenated alkanes) is 1. The van der Waals surface area contributed by atoms with E-state index in [4.69, 9.17) is 10.3 Å². The van der Waals surface area contributed by atoms with Gasteiger partial charge in [0.15, 0.2) is 5.82 Å². The third-order valence-corrected chi connectivity index (χ3v) is 2.82. The van der Waals surface area contributed by atoms with Crippen LogP contribution in [-0.2, 0) is 4.79 Å². The molecular formula is C14H18N4O2. The van der Waals surface area contributed by atoms with Gasteiger partial charge in [-0.25, -0.2) is 0 Å². The van der Waals surface area contributed by atoms with E-state index in [9.17, 15) is 4.79 Å². The Morgan fingerprint density at radius 2 is 2.15 bits per heavy atom. The van der Waals surface area contributed by atoms with Gasteiger partial charge in [-0.05, 0) is 38.4 Å². The molecule has 2 aromatic rings. The minimum absolute atomic E-state index is 0.0397. The summed E-state index contributed by atoms with van der Waals surface area (Å²) < 4.78 is 5.14. The van der Waals surface area contributed by atoms with Gasteiger partial charge in [0.1, 0.15) is 0 Å². The minimum Gasteiger partial charge on any atom is -0.334 e. The molecule has 0 saturated heterocycles. The number of anilines is 1. The van der Waals surface area contributed by atoms with Gasteiger partial charge in [0.25, 0.3) is 5.89 Å². The molecule has 0 fully saturated rings. The smallest absolute Gasteiger partial charge is 0.260 e. The monoisotopic (exact) mass is 274 g/mol. The number of benzene rings is 1. The van der Waals surface area contributed by atoms with E-state index in [-0.39, 0.29) is 5.91 Å². The molecule has 0 aliphatic carbocycles. The number of amides is 1. The number of rotatable bonds is 6. The quantitative estimate of drug-likeness (QED) is 0.787. The lowest BCUT2D eigenvalue weighted by molar-refractivity contribution is -0.116. The highest BCUT2D eigenvalue weighted by Gasteiger charge is 2.12. The van der Waals surface area contributed by atoms with E-state index >= 15 is 0 Å². The van der Waals surface area contributed by atoms with Crippen molar-refractivity contribution in [2.75, 3.05) is 11.9 Å². The van der Waals surface area contributed by atoms with Crippen molar-refractivity contribution in [3.8, 4) is 11.5 Å². The molecule has 1 amide bonds. The predicted octanol–water partition coefficient (Wildman–Crippen LogP) is 2.11. The summed E-state index contributed by atoms with van der Waals surface area (Å²) in [7, 11) is 0. The SMILES string of the molecule is Cc1noc(-c2ccccc2NC(=O)CCCCN)n1. The summed E-state index contributed by atoms with van der Waals surface area (Å²) in [6, 6.07) is 7.36. The van der Waals surface area contributed by atoms with Crippen LogP contribution in [-0.4, -0.2) is 22.6 Å². The lowest BCUT2D eigenvalue weighted by Gasteiger charge is -2.08. The third-order valence-electron chi connectivity index (χ3n) is 2.82. The normalized spacial score (nSPS) is 10.5. The molecule has 0 spiro atoms. The second kappa shape index (κ2) is 6.81. The average molecular weight is 274 g/mol. The van der Waals surface area contributed by atoms with Crippen LogP contribution in [0.4, 0.5) is 5.69 Å². The van der Waals surface area contributed by atoms with Crippen LogP contribution in [0.1, 0.15) is 25.1 Å². The number of carbonyl (C=O) groups excluding carboxylic acids is 1. The zero-order valence-electron chi connectivity index (χ0n) is 11.4. The van der Waals surface area contributed by atoms with E-state index in [1.807, 2.05) is 24.3 Å². The topological polar surface area (TPSA) is 94.0 Å². The maximum absolute atomic E-state index is 11.9. The van der Waals surface area contributed by atoms with Crippen molar-refractivity contribution in [1.29, 1.82) is 0 Å². The fraction of sp³-hybridized carbons (Fsp3) is 0.357. The Bertz CT molecular complexity index is 580. The summed E-state index contributed by atoms with van der Waals surface area (Å²) in [5.74, 6) is 0.923. The van der Waals surface area contributed by atoms with Crippen molar-refractivity contribution in [1.82, 2.24) is 10.1 Å². The zero-order chi connectivity index (χ0) is 14.4. The van der Waals surface area contributed by atoms with Crippen molar-refractivity contribution in [3.05, 3.63) is 30.1 Å². The summed E-state index contributed by atoms with van der Waals surface area (Å²) in [6.07, 6.45) is 2.08. The van der Waals surface area contributed by atoms with Crippen LogP contribution in [0.3, 0.4) is 0 Å². The summed E-state index contributed by atoms with van der Waals surface area (Å²) in [6.45, 7) is 2.35. The molecule has 6 heteroatoms. The van der Waals surface area contributed by atoms with Crippen LogP contribution in [0.5, 0.6) is 0 Å². The number of nitrogens with zero attached hydrogens (tertiary/aromatic N) is 2. The maximum atomic E-state index is 11.9. The van der Waals surface area contributed by atoms with Crippen molar-refractivity contribution < 1.29 is 9.32 Å².